The average Bonchev–Trinajstić information content (AvgIpc) is 1.69. The second-order valence-electron chi connectivity index (χ2n) is 1.37. The van der Waals surface area contributed by atoms with Gasteiger partial charge in [-0.3, -0.25) is 0 Å². The number of hydrogen-bond acceptors (Lipinski definition) is 1. The topological polar surface area (TPSA) is 0 Å². The molecule has 0 aliphatic heterocycles. The van der Waals surface area contributed by atoms with Crippen molar-refractivity contribution in [3.8, 4) is 0 Å². The Morgan fingerprint density at radius 3 is 2.62 bits per heavy atom. The van der Waals surface area contributed by atoms with Crippen molar-refractivity contribution in [3.05, 3.63) is 24.3 Å². The van der Waals surface area contributed by atoms with Crippen molar-refractivity contribution in [1.82, 2.24) is 0 Å². The fourth-order valence-electron chi connectivity index (χ4n) is 0.443. The Morgan fingerprint density at radius 1 is 1.62 bits per heavy atom. The molecule has 0 aromatic carbocycles. The summed E-state index contributed by atoms with van der Waals surface area (Å²) in [6.45, 7) is 0. The van der Waals surface area contributed by atoms with Crippen LogP contribution in [0, 0.1) is 6.08 Å². The van der Waals surface area contributed by atoms with E-state index in [9.17, 15) is 0 Å². The molecule has 0 saturated carbocycles. The normalized spacial score (nSPS) is 15.8. The number of hydrogen-bond donors (Lipinski definition) is 0. The molecular formula is C6H5LiS. The molecule has 0 saturated heterocycles. The van der Waals surface area contributed by atoms with E-state index in [1.165, 1.54) is 0 Å². The van der Waals surface area contributed by atoms with Crippen LogP contribution in [0.5, 0.6) is 0 Å². The first-order valence-electron chi connectivity index (χ1n) is 2.17. The largest absolute Gasteiger partial charge is 1.00 e. The number of rotatable bonds is 0. The van der Waals surface area contributed by atoms with Crippen LogP contribution in [0.2, 0.25) is 0 Å². The van der Waals surface area contributed by atoms with Crippen molar-refractivity contribution in [3.63, 3.8) is 0 Å². The maximum atomic E-state index is 4.81. The van der Waals surface area contributed by atoms with E-state index in [-0.39, 0.29) is 18.9 Å². The molecule has 0 fully saturated rings. The minimum absolute atomic E-state index is 0. The second kappa shape index (κ2) is 4.09. The van der Waals surface area contributed by atoms with Crippen LogP contribution in [0.4, 0.5) is 0 Å². The van der Waals surface area contributed by atoms with Crippen LogP contribution >= 0.6 is 12.2 Å². The van der Waals surface area contributed by atoms with Gasteiger partial charge in [0.05, 0.1) is 0 Å². The Morgan fingerprint density at radius 2 is 2.38 bits per heavy atom. The summed E-state index contributed by atoms with van der Waals surface area (Å²) >= 11 is 4.81. The Balaban J connectivity index is 0.000000490. The van der Waals surface area contributed by atoms with Crippen LogP contribution in [-0.2, 0) is 0 Å². The fraction of sp³-hybridized carbons (Fsp3) is 0.167. The van der Waals surface area contributed by atoms with E-state index in [1.54, 1.807) is 0 Å². The zero-order valence-electron chi connectivity index (χ0n) is 4.85. The van der Waals surface area contributed by atoms with Crippen LogP contribution in [0.25, 0.3) is 0 Å². The van der Waals surface area contributed by atoms with Crippen LogP contribution in [0.3, 0.4) is 0 Å². The first-order chi connectivity index (χ1) is 3.39. The SMILES string of the molecule is S=C1[C-]=CC=CC1.[Li+]. The summed E-state index contributed by atoms with van der Waals surface area (Å²) in [5.74, 6) is 0. The van der Waals surface area contributed by atoms with Crippen LogP contribution in [0.1, 0.15) is 6.42 Å². The fourth-order valence-corrected chi connectivity index (χ4v) is 0.607. The third-order valence-corrected chi connectivity index (χ3v) is 1.06. The summed E-state index contributed by atoms with van der Waals surface area (Å²) in [7, 11) is 0. The Kier molecular flexibility index (Phi) is 4.17. The molecule has 2 heteroatoms. The molecule has 0 amide bonds. The Labute approximate surface area is 66.8 Å². The quantitative estimate of drug-likeness (QED) is 0.215. The van der Waals surface area contributed by atoms with Crippen molar-refractivity contribution in [2.75, 3.05) is 0 Å². The zero-order valence-corrected chi connectivity index (χ0v) is 5.66. The van der Waals surface area contributed by atoms with E-state index in [0.29, 0.717) is 0 Å². The molecule has 0 bridgehead atoms. The van der Waals surface area contributed by atoms with Gasteiger partial charge in [-0.1, -0.05) is 4.86 Å². The molecule has 0 aromatic rings. The summed E-state index contributed by atoms with van der Waals surface area (Å²) in [5, 5.41) is 0. The predicted octanol–water partition coefficient (Wildman–Crippen LogP) is -1.32. The minimum atomic E-state index is 0. The minimum Gasteiger partial charge on any atom is -0.235 e. The molecule has 0 radical (unpaired) electrons. The summed E-state index contributed by atoms with van der Waals surface area (Å²) in [6, 6.07) is 0. The van der Waals surface area contributed by atoms with Gasteiger partial charge in [0.1, 0.15) is 0 Å². The first kappa shape index (κ1) is 8.17. The predicted molar refractivity (Wildman–Crippen MR) is 34.2 cm³/mol. The van der Waals surface area contributed by atoms with Crippen LogP contribution in [-0.4, -0.2) is 4.86 Å². The Bertz CT molecular complexity index is 135. The number of thiocarbonyl (C=S) groups is 1. The molecule has 0 nitrogen and oxygen atoms in total. The third-order valence-electron chi connectivity index (χ3n) is 0.780. The van der Waals surface area contributed by atoms with E-state index in [0.717, 1.165) is 11.3 Å². The molecule has 8 heavy (non-hydrogen) atoms. The molecule has 1 aliphatic carbocycles. The van der Waals surface area contributed by atoms with Gasteiger partial charge in [-0.05, 0) is 6.42 Å². The molecule has 0 N–H and O–H groups in total. The molecular weight excluding hydrogens is 111 g/mol. The van der Waals surface area contributed by atoms with Crippen LogP contribution in [0.15, 0.2) is 18.2 Å². The summed E-state index contributed by atoms with van der Waals surface area (Å²) in [6.07, 6.45) is 9.62. The van der Waals surface area contributed by atoms with Gasteiger partial charge in [0.15, 0.2) is 0 Å². The van der Waals surface area contributed by atoms with Crippen molar-refractivity contribution >= 4 is 17.1 Å². The van der Waals surface area contributed by atoms with Crippen molar-refractivity contribution in [2.24, 2.45) is 0 Å². The first-order valence-corrected chi connectivity index (χ1v) is 2.58. The third kappa shape index (κ3) is 2.47. The molecule has 0 unspecified atom stereocenters. The van der Waals surface area contributed by atoms with E-state index in [2.05, 4.69) is 6.08 Å². The molecule has 1 rings (SSSR count). The molecule has 0 spiro atoms. The van der Waals surface area contributed by atoms with Gasteiger partial charge >= 0.3 is 18.9 Å². The summed E-state index contributed by atoms with van der Waals surface area (Å²) in [5.41, 5.74) is 0. The summed E-state index contributed by atoms with van der Waals surface area (Å²) < 4.78 is 0. The van der Waals surface area contributed by atoms with Crippen molar-refractivity contribution < 1.29 is 18.9 Å². The average molecular weight is 116 g/mol. The van der Waals surface area contributed by atoms with Gasteiger partial charge in [-0.15, -0.1) is 12.2 Å². The van der Waals surface area contributed by atoms with E-state index >= 15 is 0 Å². The van der Waals surface area contributed by atoms with Crippen LogP contribution < -0.4 is 18.9 Å². The van der Waals surface area contributed by atoms with Gasteiger partial charge in [0, 0.05) is 0 Å². The zero-order chi connectivity index (χ0) is 5.11. The second-order valence-corrected chi connectivity index (χ2v) is 1.86. The molecule has 0 atom stereocenters. The number of allylic oxidation sites excluding steroid dienone is 4. The van der Waals surface area contributed by atoms with E-state index < -0.39 is 0 Å². The van der Waals surface area contributed by atoms with Gasteiger partial charge in [-0.25, -0.2) is 18.2 Å². The maximum Gasteiger partial charge on any atom is 1.00 e. The molecule has 0 aromatic heterocycles. The standard InChI is InChI=1S/C6H5S.Li/c7-6-4-2-1-3-5-6;/h1-3H,4H2;/q-1;+1. The Hall–Kier alpha value is 0.167. The van der Waals surface area contributed by atoms with Gasteiger partial charge in [0.2, 0.25) is 0 Å². The van der Waals surface area contributed by atoms with Gasteiger partial charge in [-0.2, -0.15) is 6.08 Å². The molecule has 0 heterocycles. The van der Waals surface area contributed by atoms with Gasteiger partial charge in [0.25, 0.3) is 0 Å². The van der Waals surface area contributed by atoms with Crippen molar-refractivity contribution in [2.45, 2.75) is 6.42 Å². The van der Waals surface area contributed by atoms with Gasteiger partial charge < -0.3 is 0 Å². The molecule has 36 valence electrons. The maximum absolute atomic E-state index is 4.81. The smallest absolute Gasteiger partial charge is 0.235 e. The summed E-state index contributed by atoms with van der Waals surface area (Å²) in [4.78, 5) is 0.905. The molecule has 1 aliphatic rings. The monoisotopic (exact) mass is 116 g/mol. The van der Waals surface area contributed by atoms with E-state index in [4.69, 9.17) is 12.2 Å². The van der Waals surface area contributed by atoms with Crippen molar-refractivity contribution in [1.29, 1.82) is 0 Å². The van der Waals surface area contributed by atoms with E-state index in [1.807, 2.05) is 18.2 Å².